The van der Waals surface area contributed by atoms with Crippen LogP contribution in [0.15, 0.2) is 18.2 Å². The second-order valence-corrected chi connectivity index (χ2v) is 5.36. The van der Waals surface area contributed by atoms with Crippen LogP contribution in [0.3, 0.4) is 0 Å². The third-order valence-electron chi connectivity index (χ3n) is 2.11. The van der Waals surface area contributed by atoms with Crippen LogP contribution in [0.1, 0.15) is 31.1 Å². The van der Waals surface area contributed by atoms with Gasteiger partial charge in [-0.3, -0.25) is 10.1 Å². The minimum Gasteiger partial charge on any atom is -0.444 e. The van der Waals surface area contributed by atoms with Gasteiger partial charge in [-0.1, -0.05) is 11.6 Å². The lowest BCUT2D eigenvalue weighted by Crippen LogP contribution is -2.27. The van der Waals surface area contributed by atoms with E-state index in [1.165, 1.54) is 12.1 Å². The van der Waals surface area contributed by atoms with Crippen molar-refractivity contribution < 1.29 is 14.3 Å². The number of hydrogen-bond acceptors (Lipinski definition) is 4. The molecule has 0 saturated carbocycles. The van der Waals surface area contributed by atoms with Crippen LogP contribution >= 0.6 is 11.6 Å². The van der Waals surface area contributed by atoms with E-state index in [-0.39, 0.29) is 17.4 Å². The molecule has 0 saturated heterocycles. The van der Waals surface area contributed by atoms with E-state index >= 15 is 0 Å². The third-order valence-corrected chi connectivity index (χ3v) is 2.42. The second-order valence-electron chi connectivity index (χ2n) is 4.95. The van der Waals surface area contributed by atoms with Crippen molar-refractivity contribution in [2.75, 3.05) is 11.9 Å². The summed E-state index contributed by atoms with van der Waals surface area (Å²) in [6.45, 7) is 5.20. The SMILES string of the molecule is CC(C)(C)OC(=O)Nc1ccc(C(=O)CN)cc1Cl. The molecule has 0 aromatic heterocycles. The van der Waals surface area contributed by atoms with Gasteiger partial charge in [0.25, 0.3) is 0 Å². The molecule has 0 aliphatic carbocycles. The summed E-state index contributed by atoms with van der Waals surface area (Å²) < 4.78 is 5.10. The van der Waals surface area contributed by atoms with Gasteiger partial charge < -0.3 is 10.5 Å². The fourth-order valence-electron chi connectivity index (χ4n) is 1.32. The predicted octanol–water partition coefficient (Wildman–Crippen LogP) is 2.83. The molecule has 1 rings (SSSR count). The Morgan fingerprint density at radius 2 is 2.00 bits per heavy atom. The van der Waals surface area contributed by atoms with Gasteiger partial charge in [-0.25, -0.2) is 4.79 Å². The molecule has 0 unspecified atom stereocenters. The molecule has 0 heterocycles. The van der Waals surface area contributed by atoms with Crippen molar-refractivity contribution in [3.8, 4) is 0 Å². The van der Waals surface area contributed by atoms with Crippen molar-refractivity contribution >= 4 is 29.2 Å². The molecule has 0 spiro atoms. The lowest BCUT2D eigenvalue weighted by molar-refractivity contribution is 0.0636. The van der Waals surface area contributed by atoms with Crippen LogP contribution in [0, 0.1) is 0 Å². The maximum Gasteiger partial charge on any atom is 0.412 e. The monoisotopic (exact) mass is 284 g/mol. The summed E-state index contributed by atoms with van der Waals surface area (Å²) in [5.74, 6) is -0.217. The molecule has 0 bridgehead atoms. The van der Waals surface area contributed by atoms with E-state index in [0.717, 1.165) is 0 Å². The van der Waals surface area contributed by atoms with Crippen LogP contribution in [-0.2, 0) is 4.74 Å². The fraction of sp³-hybridized carbons (Fsp3) is 0.385. The number of hydrogen-bond donors (Lipinski definition) is 2. The van der Waals surface area contributed by atoms with Crippen LogP contribution < -0.4 is 11.1 Å². The largest absolute Gasteiger partial charge is 0.444 e. The molecule has 0 aliphatic rings. The number of nitrogens with one attached hydrogen (secondary N) is 1. The molecule has 6 heteroatoms. The van der Waals surface area contributed by atoms with Gasteiger partial charge in [0, 0.05) is 5.56 Å². The first kappa shape index (κ1) is 15.5. The van der Waals surface area contributed by atoms with E-state index in [9.17, 15) is 9.59 Å². The number of amides is 1. The van der Waals surface area contributed by atoms with Gasteiger partial charge in [0.05, 0.1) is 17.3 Å². The molecule has 1 amide bonds. The number of carbonyl (C=O) groups excluding carboxylic acids is 2. The highest BCUT2D eigenvalue weighted by molar-refractivity contribution is 6.34. The third kappa shape index (κ3) is 4.89. The van der Waals surface area contributed by atoms with Gasteiger partial charge in [0.2, 0.25) is 0 Å². The Morgan fingerprint density at radius 1 is 1.37 bits per heavy atom. The summed E-state index contributed by atoms with van der Waals surface area (Å²) in [6.07, 6.45) is -0.604. The highest BCUT2D eigenvalue weighted by Gasteiger charge is 2.17. The zero-order valence-electron chi connectivity index (χ0n) is 11.1. The number of carbonyl (C=O) groups is 2. The van der Waals surface area contributed by atoms with Crippen LogP contribution in [-0.4, -0.2) is 24.0 Å². The Balaban J connectivity index is 2.81. The minimum absolute atomic E-state index is 0.0881. The molecular formula is C13H17ClN2O3. The zero-order valence-corrected chi connectivity index (χ0v) is 11.9. The van der Waals surface area contributed by atoms with Crippen LogP contribution in [0.4, 0.5) is 10.5 Å². The number of anilines is 1. The van der Waals surface area contributed by atoms with Gasteiger partial charge in [-0.2, -0.15) is 0 Å². The van der Waals surface area contributed by atoms with E-state index in [0.29, 0.717) is 11.3 Å². The lowest BCUT2D eigenvalue weighted by atomic mass is 10.1. The van der Waals surface area contributed by atoms with Crippen molar-refractivity contribution in [2.24, 2.45) is 5.73 Å². The standard InChI is InChI=1S/C13H17ClN2O3/c1-13(2,3)19-12(18)16-10-5-4-8(6-9(10)14)11(17)7-15/h4-6H,7,15H2,1-3H3,(H,16,18). The van der Waals surface area contributed by atoms with Crippen molar-refractivity contribution in [3.05, 3.63) is 28.8 Å². The molecule has 1 aromatic rings. The Hall–Kier alpha value is -1.59. The topological polar surface area (TPSA) is 81.4 Å². The van der Waals surface area contributed by atoms with Gasteiger partial charge >= 0.3 is 6.09 Å². The summed E-state index contributed by atoms with van der Waals surface area (Å²) in [7, 11) is 0. The van der Waals surface area contributed by atoms with Crippen LogP contribution in [0.5, 0.6) is 0 Å². The Morgan fingerprint density at radius 3 is 2.47 bits per heavy atom. The second kappa shape index (κ2) is 6.04. The Labute approximate surface area is 117 Å². The molecular weight excluding hydrogens is 268 g/mol. The van der Waals surface area contributed by atoms with Crippen LogP contribution in [0.25, 0.3) is 0 Å². The number of Topliss-reactive ketones (excluding diaryl/α,β-unsaturated/α-hetero) is 1. The van der Waals surface area contributed by atoms with Crippen molar-refractivity contribution in [3.63, 3.8) is 0 Å². The van der Waals surface area contributed by atoms with Crippen molar-refractivity contribution in [1.82, 2.24) is 0 Å². The summed E-state index contributed by atoms with van der Waals surface area (Å²) in [4.78, 5) is 23.0. The molecule has 1 aromatic carbocycles. The molecule has 0 atom stereocenters. The number of ketones is 1. The Kier molecular flexibility index (Phi) is 4.91. The average molecular weight is 285 g/mol. The fourth-order valence-corrected chi connectivity index (χ4v) is 1.55. The maximum absolute atomic E-state index is 11.6. The first-order chi connectivity index (χ1) is 8.73. The molecule has 104 valence electrons. The van der Waals surface area contributed by atoms with E-state index < -0.39 is 11.7 Å². The lowest BCUT2D eigenvalue weighted by Gasteiger charge is -2.20. The normalized spacial score (nSPS) is 11.0. The van der Waals surface area contributed by atoms with Crippen molar-refractivity contribution in [1.29, 1.82) is 0 Å². The summed E-state index contributed by atoms with van der Waals surface area (Å²) in [6, 6.07) is 4.55. The van der Waals surface area contributed by atoms with Gasteiger partial charge in [-0.05, 0) is 39.0 Å². The number of benzene rings is 1. The number of rotatable bonds is 3. The van der Waals surface area contributed by atoms with Crippen LogP contribution in [0.2, 0.25) is 5.02 Å². The number of ether oxygens (including phenoxy) is 1. The minimum atomic E-state index is -0.604. The quantitative estimate of drug-likeness (QED) is 0.836. The molecule has 0 fully saturated rings. The number of nitrogens with two attached hydrogens (primary N) is 1. The smallest absolute Gasteiger partial charge is 0.412 e. The van der Waals surface area contributed by atoms with E-state index in [1.807, 2.05) is 0 Å². The molecule has 0 aliphatic heterocycles. The Bertz CT molecular complexity index is 495. The van der Waals surface area contributed by atoms with E-state index in [1.54, 1.807) is 26.8 Å². The molecule has 0 radical (unpaired) electrons. The van der Waals surface area contributed by atoms with Gasteiger partial charge in [0.1, 0.15) is 5.60 Å². The predicted molar refractivity (Wildman–Crippen MR) is 74.7 cm³/mol. The van der Waals surface area contributed by atoms with Crippen molar-refractivity contribution in [2.45, 2.75) is 26.4 Å². The van der Waals surface area contributed by atoms with Gasteiger partial charge in [0.15, 0.2) is 5.78 Å². The zero-order chi connectivity index (χ0) is 14.6. The van der Waals surface area contributed by atoms with E-state index in [4.69, 9.17) is 22.1 Å². The average Bonchev–Trinajstić information content (AvgIpc) is 2.28. The summed E-state index contributed by atoms with van der Waals surface area (Å²) in [5, 5.41) is 2.77. The van der Waals surface area contributed by atoms with Gasteiger partial charge in [-0.15, -0.1) is 0 Å². The first-order valence-corrected chi connectivity index (χ1v) is 6.13. The highest BCUT2D eigenvalue weighted by Crippen LogP contribution is 2.24. The first-order valence-electron chi connectivity index (χ1n) is 5.76. The highest BCUT2D eigenvalue weighted by atomic mass is 35.5. The maximum atomic E-state index is 11.6. The summed E-state index contributed by atoms with van der Waals surface area (Å²) in [5.41, 5.74) is 5.45. The molecule has 3 N–H and O–H groups in total. The number of halogens is 1. The van der Waals surface area contributed by atoms with E-state index in [2.05, 4.69) is 5.32 Å². The molecule has 5 nitrogen and oxygen atoms in total. The molecule has 19 heavy (non-hydrogen) atoms. The summed E-state index contributed by atoms with van der Waals surface area (Å²) >= 11 is 5.98.